The molecule has 1 amide bonds. The Kier molecular flexibility index (Phi) is 44.9. The van der Waals surface area contributed by atoms with Crippen molar-refractivity contribution >= 4 is 17.8 Å². The van der Waals surface area contributed by atoms with Gasteiger partial charge in [0.1, 0.15) is 31.0 Å². The molecule has 0 radical (unpaired) electrons. The highest BCUT2D eigenvalue weighted by Crippen LogP contribution is 2.23. The Hall–Kier alpha value is -1.79. The molecular weight excluding hydrogens is 859 g/mol. The Labute approximate surface area is 417 Å². The molecule has 4 N–H and O–H groups in total. The molecule has 6 atom stereocenters. The Bertz CT molecular complexity index is 1140. The average Bonchev–Trinajstić information content (AvgIpc) is 3.33. The Morgan fingerprint density at radius 2 is 0.765 bits per heavy atom. The molecule has 68 heavy (non-hydrogen) atoms. The van der Waals surface area contributed by atoms with Crippen LogP contribution < -0.4 is 5.32 Å². The summed E-state index contributed by atoms with van der Waals surface area (Å²) in [7, 11) is 0. The zero-order chi connectivity index (χ0) is 49.6. The summed E-state index contributed by atoms with van der Waals surface area (Å²) < 4.78 is 23.1. The highest BCUT2D eigenvalue weighted by molar-refractivity contribution is 5.75. The van der Waals surface area contributed by atoms with Crippen molar-refractivity contribution in [3.63, 3.8) is 0 Å². The first kappa shape index (κ1) is 64.2. The zero-order valence-electron chi connectivity index (χ0n) is 44.5. The first-order valence-corrected chi connectivity index (χ1v) is 29.2. The lowest BCUT2D eigenvalue weighted by atomic mass is 9.98. The third-order valence-electron chi connectivity index (χ3n) is 13.8. The molecule has 0 aromatic carbocycles. The second-order valence-electron chi connectivity index (χ2n) is 20.4. The minimum Gasteiger partial charge on any atom is -0.462 e. The molecule has 0 aromatic heterocycles. The Morgan fingerprint density at radius 3 is 1.15 bits per heavy atom. The van der Waals surface area contributed by atoms with Crippen LogP contribution in [0.5, 0.6) is 0 Å². The predicted molar refractivity (Wildman–Crippen MR) is 277 cm³/mol. The standard InChI is InChI=1S/C57H109NO10/c1-4-7-10-13-16-19-22-25-28-31-34-37-40-43-51(59)58-46-50-54(62)55(63)56(64)57(68-50)66-48-49(67-53(61)45-42-39-36-33-30-27-24-21-18-15-12-9-6-3)47-65-52(60)44-41-38-35-32-29-26-23-20-17-14-11-8-5-2/h49-50,54-57,62-64H,4-48H2,1-3H3,(H,58,59)/t49-,50-,54+,55+,56-,57-/m1/s1. The third-order valence-corrected chi connectivity index (χ3v) is 13.8. The van der Waals surface area contributed by atoms with Gasteiger partial charge in [0.25, 0.3) is 0 Å². The highest BCUT2D eigenvalue weighted by atomic mass is 16.7. The van der Waals surface area contributed by atoms with E-state index in [1.165, 1.54) is 186 Å². The van der Waals surface area contributed by atoms with Crippen molar-refractivity contribution < 1.29 is 48.7 Å². The van der Waals surface area contributed by atoms with Crippen LogP contribution in [0.4, 0.5) is 0 Å². The van der Waals surface area contributed by atoms with Gasteiger partial charge in [0.05, 0.1) is 6.61 Å². The number of ether oxygens (including phenoxy) is 4. The van der Waals surface area contributed by atoms with E-state index in [1.54, 1.807) is 0 Å². The number of carbonyl (C=O) groups excluding carboxylic acids is 3. The molecule has 0 bridgehead atoms. The molecule has 0 aliphatic carbocycles. The number of hydrogen-bond acceptors (Lipinski definition) is 10. The van der Waals surface area contributed by atoms with Crippen molar-refractivity contribution in [1.82, 2.24) is 5.32 Å². The molecule has 1 heterocycles. The van der Waals surface area contributed by atoms with Crippen molar-refractivity contribution in [3.05, 3.63) is 0 Å². The van der Waals surface area contributed by atoms with Crippen LogP contribution in [0.2, 0.25) is 0 Å². The fourth-order valence-electron chi connectivity index (χ4n) is 9.22. The first-order valence-electron chi connectivity index (χ1n) is 29.2. The molecule has 0 aromatic rings. The highest BCUT2D eigenvalue weighted by Gasteiger charge is 2.44. The van der Waals surface area contributed by atoms with E-state index in [4.69, 9.17) is 18.9 Å². The smallest absolute Gasteiger partial charge is 0.306 e. The van der Waals surface area contributed by atoms with E-state index in [2.05, 4.69) is 26.1 Å². The second kappa shape index (κ2) is 47.5. The van der Waals surface area contributed by atoms with Crippen molar-refractivity contribution in [2.45, 2.75) is 327 Å². The molecule has 1 fully saturated rings. The van der Waals surface area contributed by atoms with Crippen LogP contribution in [0.1, 0.15) is 290 Å². The number of carbonyl (C=O) groups is 3. The van der Waals surface area contributed by atoms with Crippen molar-refractivity contribution in [2.75, 3.05) is 19.8 Å². The number of rotatable bonds is 50. The molecule has 11 nitrogen and oxygen atoms in total. The molecule has 1 aliphatic rings. The van der Waals surface area contributed by atoms with E-state index in [-0.39, 0.29) is 44.5 Å². The second-order valence-corrected chi connectivity index (χ2v) is 20.4. The van der Waals surface area contributed by atoms with E-state index < -0.39 is 42.8 Å². The zero-order valence-corrected chi connectivity index (χ0v) is 44.5. The molecule has 1 rings (SSSR count). The number of aliphatic hydroxyl groups excluding tert-OH is 3. The Balaban J connectivity index is 2.52. The molecule has 0 saturated carbocycles. The van der Waals surface area contributed by atoms with Gasteiger partial charge in [0.15, 0.2) is 12.4 Å². The normalized spacial score (nSPS) is 18.7. The predicted octanol–water partition coefficient (Wildman–Crippen LogP) is 13.8. The lowest BCUT2D eigenvalue weighted by Crippen LogP contribution is -2.60. The fraction of sp³-hybridized carbons (Fsp3) is 0.947. The molecule has 0 unspecified atom stereocenters. The summed E-state index contributed by atoms with van der Waals surface area (Å²) in [6.07, 6.45) is 40.2. The summed E-state index contributed by atoms with van der Waals surface area (Å²) in [4.78, 5) is 38.5. The molecular formula is C57H109NO10. The molecule has 1 saturated heterocycles. The van der Waals surface area contributed by atoms with Gasteiger partial charge in [-0.25, -0.2) is 0 Å². The van der Waals surface area contributed by atoms with Gasteiger partial charge in [0.2, 0.25) is 5.91 Å². The quantitative estimate of drug-likeness (QED) is 0.0341. The largest absolute Gasteiger partial charge is 0.462 e. The van der Waals surface area contributed by atoms with E-state index >= 15 is 0 Å². The maximum absolute atomic E-state index is 13.0. The fourth-order valence-corrected chi connectivity index (χ4v) is 9.22. The van der Waals surface area contributed by atoms with E-state index in [0.29, 0.717) is 12.8 Å². The number of hydrogen-bond donors (Lipinski definition) is 4. The topological polar surface area (TPSA) is 161 Å². The van der Waals surface area contributed by atoms with Crippen LogP contribution in [0, 0.1) is 0 Å². The molecule has 0 spiro atoms. The van der Waals surface area contributed by atoms with Crippen LogP contribution in [-0.4, -0.2) is 89.7 Å². The maximum atomic E-state index is 13.0. The summed E-state index contributed by atoms with van der Waals surface area (Å²) >= 11 is 0. The van der Waals surface area contributed by atoms with Gasteiger partial charge < -0.3 is 39.6 Å². The summed E-state index contributed by atoms with van der Waals surface area (Å²) in [6, 6.07) is 0. The summed E-state index contributed by atoms with van der Waals surface area (Å²) in [5.74, 6) is -0.954. The average molecular weight is 968 g/mol. The lowest BCUT2D eigenvalue weighted by molar-refractivity contribution is -0.299. The van der Waals surface area contributed by atoms with Gasteiger partial charge in [-0.1, -0.05) is 252 Å². The van der Waals surface area contributed by atoms with Crippen LogP contribution in [0.3, 0.4) is 0 Å². The molecule has 1 aliphatic heterocycles. The first-order chi connectivity index (χ1) is 33.2. The van der Waals surface area contributed by atoms with Gasteiger partial charge in [-0.2, -0.15) is 0 Å². The van der Waals surface area contributed by atoms with Gasteiger partial charge in [0, 0.05) is 25.8 Å². The van der Waals surface area contributed by atoms with Crippen molar-refractivity contribution in [1.29, 1.82) is 0 Å². The van der Waals surface area contributed by atoms with Crippen LogP contribution in [0.15, 0.2) is 0 Å². The number of esters is 2. The van der Waals surface area contributed by atoms with Crippen molar-refractivity contribution in [3.8, 4) is 0 Å². The maximum Gasteiger partial charge on any atom is 0.306 e. The number of aliphatic hydroxyl groups is 3. The lowest BCUT2D eigenvalue weighted by Gasteiger charge is -2.40. The minimum atomic E-state index is -1.59. The molecule has 402 valence electrons. The number of unbranched alkanes of at least 4 members (excludes halogenated alkanes) is 36. The van der Waals surface area contributed by atoms with Crippen LogP contribution in [-0.2, 0) is 33.3 Å². The van der Waals surface area contributed by atoms with Crippen LogP contribution >= 0.6 is 0 Å². The van der Waals surface area contributed by atoms with Crippen LogP contribution in [0.25, 0.3) is 0 Å². The minimum absolute atomic E-state index is 0.0730. The number of nitrogens with one attached hydrogen (secondary N) is 1. The summed E-state index contributed by atoms with van der Waals surface area (Å²) in [6.45, 7) is 6.20. The van der Waals surface area contributed by atoms with Gasteiger partial charge in [-0.3, -0.25) is 14.4 Å². The third kappa shape index (κ3) is 38.0. The Morgan fingerprint density at radius 1 is 0.426 bits per heavy atom. The van der Waals surface area contributed by atoms with Gasteiger partial charge in [-0.05, 0) is 19.3 Å². The van der Waals surface area contributed by atoms with E-state index in [9.17, 15) is 29.7 Å². The van der Waals surface area contributed by atoms with E-state index in [1.807, 2.05) is 0 Å². The van der Waals surface area contributed by atoms with Gasteiger partial charge in [-0.15, -0.1) is 0 Å². The number of amides is 1. The summed E-state index contributed by atoms with van der Waals surface area (Å²) in [5, 5.41) is 35.0. The SMILES string of the molecule is CCCCCCCCCCCCCCCC(=O)NC[C@H]1O[C@@H](OC[C@@H](COC(=O)CCCCCCCCCCCCCCC)OC(=O)CCCCCCCCCCCCCCC)[C@H](O)[C@@H](O)[C@H]1O. The van der Waals surface area contributed by atoms with E-state index in [0.717, 1.165) is 57.8 Å². The molecule has 11 heteroatoms. The van der Waals surface area contributed by atoms with Crippen molar-refractivity contribution in [2.24, 2.45) is 0 Å². The monoisotopic (exact) mass is 968 g/mol. The summed E-state index contributed by atoms with van der Waals surface area (Å²) in [5.41, 5.74) is 0. The van der Waals surface area contributed by atoms with Gasteiger partial charge >= 0.3 is 11.9 Å².